The van der Waals surface area contributed by atoms with Gasteiger partial charge in [0.05, 0.1) is 23.7 Å². The topological polar surface area (TPSA) is 100 Å². The molecule has 5 rings (SSSR count). The average molecular weight is 532 g/mol. The van der Waals surface area contributed by atoms with Crippen molar-refractivity contribution in [3.8, 4) is 5.69 Å². The van der Waals surface area contributed by atoms with E-state index < -0.39 is 11.9 Å². The molecule has 1 saturated heterocycles. The number of amides is 1. The lowest BCUT2D eigenvalue weighted by molar-refractivity contribution is -0.141. The van der Waals surface area contributed by atoms with Crippen LogP contribution >= 0.6 is 0 Å². The van der Waals surface area contributed by atoms with E-state index in [4.69, 9.17) is 4.98 Å². The van der Waals surface area contributed by atoms with Crippen LogP contribution in [0.5, 0.6) is 0 Å². The third kappa shape index (κ3) is 6.85. The van der Waals surface area contributed by atoms with Gasteiger partial charge in [-0.15, -0.1) is 0 Å². The Hall–Kier alpha value is -3.68. The number of anilines is 1. The van der Waals surface area contributed by atoms with Crippen molar-refractivity contribution in [1.29, 1.82) is 0 Å². The van der Waals surface area contributed by atoms with Gasteiger partial charge in [-0.3, -0.25) is 9.59 Å². The molecule has 8 nitrogen and oxygen atoms in total. The van der Waals surface area contributed by atoms with Crippen molar-refractivity contribution in [2.24, 2.45) is 5.92 Å². The van der Waals surface area contributed by atoms with E-state index in [0.717, 1.165) is 67.2 Å². The van der Waals surface area contributed by atoms with Crippen molar-refractivity contribution in [1.82, 2.24) is 19.7 Å². The Morgan fingerprint density at radius 3 is 2.72 bits per heavy atom. The van der Waals surface area contributed by atoms with Gasteiger partial charge >= 0.3 is 5.97 Å². The van der Waals surface area contributed by atoms with E-state index in [1.165, 1.54) is 5.56 Å². The SMILES string of the molecule is CC.Cc1cc(C)n(-c2cccc(C(CC(=O)O)C(=O)N3CCC(CCc4ccc5c(n4)NCCC5)C3)c2)n1. The average Bonchev–Trinajstić information content (AvgIpc) is 3.56. The molecular weight excluding hydrogens is 490 g/mol. The highest BCUT2D eigenvalue weighted by atomic mass is 16.4. The third-order valence-electron chi connectivity index (χ3n) is 7.56. The van der Waals surface area contributed by atoms with Crippen LogP contribution in [0.1, 0.15) is 73.7 Å². The van der Waals surface area contributed by atoms with Crippen LogP contribution < -0.4 is 5.32 Å². The summed E-state index contributed by atoms with van der Waals surface area (Å²) < 4.78 is 1.83. The maximum absolute atomic E-state index is 13.6. The Bertz CT molecular complexity index is 1300. The van der Waals surface area contributed by atoms with Crippen molar-refractivity contribution in [3.05, 3.63) is 70.7 Å². The number of aryl methyl sites for hydroxylation is 4. The highest BCUT2D eigenvalue weighted by Gasteiger charge is 2.33. The van der Waals surface area contributed by atoms with E-state index in [1.807, 2.05) is 67.6 Å². The fourth-order valence-corrected chi connectivity index (χ4v) is 5.63. The molecular formula is C31H41N5O3. The van der Waals surface area contributed by atoms with E-state index in [-0.39, 0.29) is 12.3 Å². The molecule has 208 valence electrons. The summed E-state index contributed by atoms with van der Waals surface area (Å²) in [5.74, 6) is -0.391. The van der Waals surface area contributed by atoms with Gasteiger partial charge in [0, 0.05) is 31.0 Å². The van der Waals surface area contributed by atoms with Gasteiger partial charge in [0.25, 0.3) is 0 Å². The van der Waals surface area contributed by atoms with E-state index in [9.17, 15) is 14.7 Å². The molecule has 1 aromatic carbocycles. The number of carbonyl (C=O) groups is 2. The van der Waals surface area contributed by atoms with Crippen LogP contribution in [0.25, 0.3) is 5.69 Å². The molecule has 0 bridgehead atoms. The summed E-state index contributed by atoms with van der Waals surface area (Å²) in [7, 11) is 0. The summed E-state index contributed by atoms with van der Waals surface area (Å²) in [6.45, 7) is 10.2. The number of aromatic nitrogens is 3. The number of nitrogens with zero attached hydrogens (tertiary/aromatic N) is 4. The molecule has 2 N–H and O–H groups in total. The van der Waals surface area contributed by atoms with E-state index >= 15 is 0 Å². The highest BCUT2D eigenvalue weighted by molar-refractivity contribution is 5.88. The summed E-state index contributed by atoms with van der Waals surface area (Å²) in [6.07, 6.45) is 4.78. The molecule has 2 aliphatic heterocycles. The number of aliphatic carboxylic acids is 1. The molecule has 1 fully saturated rings. The molecule has 39 heavy (non-hydrogen) atoms. The van der Waals surface area contributed by atoms with Crippen LogP contribution in [-0.2, 0) is 22.4 Å². The molecule has 2 aromatic heterocycles. The Morgan fingerprint density at radius 1 is 1.15 bits per heavy atom. The highest BCUT2D eigenvalue weighted by Crippen LogP contribution is 2.30. The minimum Gasteiger partial charge on any atom is -0.481 e. The minimum atomic E-state index is -0.974. The van der Waals surface area contributed by atoms with Crippen LogP contribution in [-0.4, -0.2) is 56.3 Å². The van der Waals surface area contributed by atoms with Crippen LogP contribution in [0.2, 0.25) is 0 Å². The molecule has 3 aromatic rings. The summed E-state index contributed by atoms with van der Waals surface area (Å²) in [5, 5.41) is 17.6. The first-order valence-corrected chi connectivity index (χ1v) is 14.2. The van der Waals surface area contributed by atoms with Crippen LogP contribution in [0, 0.1) is 19.8 Å². The molecule has 0 saturated carbocycles. The lowest BCUT2D eigenvalue weighted by atomic mass is 9.93. The molecule has 4 heterocycles. The molecule has 1 amide bonds. The lowest BCUT2D eigenvalue weighted by Crippen LogP contribution is -2.34. The van der Waals surface area contributed by atoms with Crippen molar-refractivity contribution in [2.75, 3.05) is 25.0 Å². The second-order valence-electron chi connectivity index (χ2n) is 10.4. The van der Waals surface area contributed by atoms with Crippen molar-refractivity contribution < 1.29 is 14.7 Å². The van der Waals surface area contributed by atoms with Gasteiger partial charge in [-0.2, -0.15) is 5.10 Å². The summed E-state index contributed by atoms with van der Waals surface area (Å²) in [4.78, 5) is 32.0. The molecule has 0 spiro atoms. The zero-order chi connectivity index (χ0) is 27.9. The summed E-state index contributed by atoms with van der Waals surface area (Å²) >= 11 is 0. The van der Waals surface area contributed by atoms with Gasteiger partial charge < -0.3 is 15.3 Å². The molecule has 0 radical (unpaired) electrons. The molecule has 2 unspecified atom stereocenters. The van der Waals surface area contributed by atoms with E-state index in [2.05, 4.69) is 22.5 Å². The van der Waals surface area contributed by atoms with Crippen LogP contribution in [0.15, 0.2) is 42.5 Å². The number of pyridine rings is 1. The third-order valence-corrected chi connectivity index (χ3v) is 7.56. The number of rotatable bonds is 8. The van der Waals surface area contributed by atoms with Crippen LogP contribution in [0.4, 0.5) is 5.82 Å². The molecule has 8 heteroatoms. The van der Waals surface area contributed by atoms with Gasteiger partial charge in [-0.1, -0.05) is 32.0 Å². The first kappa shape index (κ1) is 28.3. The monoisotopic (exact) mass is 531 g/mol. The first-order valence-electron chi connectivity index (χ1n) is 14.2. The Kier molecular flexibility index (Phi) is 9.38. The predicted octanol–water partition coefficient (Wildman–Crippen LogP) is 5.31. The smallest absolute Gasteiger partial charge is 0.304 e. The van der Waals surface area contributed by atoms with Crippen molar-refractivity contribution >= 4 is 17.7 Å². The number of fused-ring (bicyclic) bond motifs is 1. The van der Waals surface area contributed by atoms with Gasteiger partial charge in [-0.25, -0.2) is 9.67 Å². The molecule has 2 atom stereocenters. The second kappa shape index (κ2) is 12.9. The van der Waals surface area contributed by atoms with Crippen molar-refractivity contribution in [2.45, 2.75) is 72.1 Å². The van der Waals surface area contributed by atoms with Gasteiger partial charge in [-0.05, 0) is 87.3 Å². The van der Waals surface area contributed by atoms with Gasteiger partial charge in [0.1, 0.15) is 5.82 Å². The Labute approximate surface area is 231 Å². The van der Waals surface area contributed by atoms with Crippen LogP contribution in [0.3, 0.4) is 0 Å². The van der Waals surface area contributed by atoms with Gasteiger partial charge in [0.15, 0.2) is 0 Å². The number of likely N-dealkylation sites (tertiary alicyclic amines) is 1. The number of benzene rings is 1. The number of hydrogen-bond donors (Lipinski definition) is 2. The number of carboxylic acids is 1. The minimum absolute atomic E-state index is 0.105. The second-order valence-corrected chi connectivity index (χ2v) is 10.4. The standard InChI is InChI=1S/C29H35N5O3.C2H6/c1-19-15-20(2)34(32-19)25-7-3-5-23(16-25)26(17-27(35)36)29(37)33-14-12-21(18-33)8-10-24-11-9-22-6-4-13-30-28(22)31-24;1-2/h3,5,7,9,11,15-16,21,26H,4,6,8,10,12-14,17-18H2,1-2H3,(H,30,31)(H,35,36);1-2H3. The Balaban J connectivity index is 0.00000172. The zero-order valence-electron chi connectivity index (χ0n) is 23.6. The first-order chi connectivity index (χ1) is 18.9. The number of nitrogens with one attached hydrogen (secondary N) is 1. The fraction of sp³-hybridized carbons (Fsp3) is 0.484. The van der Waals surface area contributed by atoms with E-state index in [0.29, 0.717) is 24.6 Å². The Morgan fingerprint density at radius 2 is 1.97 bits per heavy atom. The normalized spacial score (nSPS) is 17.0. The number of hydrogen-bond acceptors (Lipinski definition) is 5. The zero-order valence-corrected chi connectivity index (χ0v) is 23.6. The quantitative estimate of drug-likeness (QED) is 0.409. The predicted molar refractivity (Wildman–Crippen MR) is 153 cm³/mol. The maximum Gasteiger partial charge on any atom is 0.304 e. The van der Waals surface area contributed by atoms with Crippen molar-refractivity contribution in [3.63, 3.8) is 0 Å². The molecule has 2 aliphatic rings. The lowest BCUT2D eigenvalue weighted by Gasteiger charge is -2.23. The maximum atomic E-state index is 13.6. The summed E-state index contributed by atoms with van der Waals surface area (Å²) in [6, 6.07) is 13.9. The van der Waals surface area contributed by atoms with E-state index in [1.54, 1.807) is 0 Å². The molecule has 0 aliphatic carbocycles. The largest absolute Gasteiger partial charge is 0.481 e. The number of carboxylic acid groups (broad SMARTS) is 1. The van der Waals surface area contributed by atoms with Gasteiger partial charge in [0.2, 0.25) is 5.91 Å². The summed E-state index contributed by atoms with van der Waals surface area (Å²) in [5.41, 5.74) is 5.82. The number of carbonyl (C=O) groups excluding carboxylic acids is 1. The fourth-order valence-electron chi connectivity index (χ4n) is 5.63.